The van der Waals surface area contributed by atoms with Gasteiger partial charge in [0.15, 0.2) is 0 Å². The molecule has 0 amide bonds. The van der Waals surface area contributed by atoms with Crippen LogP contribution in [0.2, 0.25) is 5.15 Å². The van der Waals surface area contributed by atoms with E-state index in [9.17, 15) is 4.79 Å². The first-order valence-electron chi connectivity index (χ1n) is 6.76. The van der Waals surface area contributed by atoms with Gasteiger partial charge in [-0.25, -0.2) is 9.78 Å². The van der Waals surface area contributed by atoms with Crippen LogP contribution in [0.4, 0.5) is 0 Å². The monoisotopic (exact) mass is 305 g/mol. The lowest BCUT2D eigenvalue weighted by Crippen LogP contribution is -2.12. The number of carbonyl (C=O) groups excluding carboxylic acids is 1. The summed E-state index contributed by atoms with van der Waals surface area (Å²) in [7, 11) is 0. The van der Waals surface area contributed by atoms with Crippen LogP contribution in [-0.2, 0) is 4.74 Å². The summed E-state index contributed by atoms with van der Waals surface area (Å²) in [6.45, 7) is 7.80. The maximum atomic E-state index is 11.3. The van der Waals surface area contributed by atoms with Gasteiger partial charge in [0, 0.05) is 0 Å². The van der Waals surface area contributed by atoms with Crippen LogP contribution in [0, 0.1) is 13.8 Å². The quantitative estimate of drug-likeness (QED) is 0.601. The number of esters is 1. The Bertz CT molecular complexity index is 576. The molecule has 0 N–H and O–H groups in total. The molecule has 1 aromatic carbocycles. The van der Waals surface area contributed by atoms with Gasteiger partial charge in [-0.1, -0.05) is 41.9 Å². The van der Waals surface area contributed by atoms with Crippen molar-refractivity contribution in [2.75, 3.05) is 0 Å². The molecule has 0 unspecified atom stereocenters. The third kappa shape index (κ3) is 6.41. The molecule has 0 spiro atoms. The largest absolute Gasteiger partial charge is 0.458 e. The van der Waals surface area contributed by atoms with Gasteiger partial charge in [-0.05, 0) is 51.0 Å². The predicted octanol–water partition coefficient (Wildman–Crippen LogP) is 4.60. The fourth-order valence-electron chi connectivity index (χ4n) is 1.46. The summed E-state index contributed by atoms with van der Waals surface area (Å²) in [6.07, 6.45) is -0.145. The molecule has 0 bridgehead atoms. The molecule has 0 aliphatic carbocycles. The average Bonchev–Trinajstić information content (AvgIpc) is 2.42. The van der Waals surface area contributed by atoms with Gasteiger partial charge >= 0.3 is 5.97 Å². The zero-order chi connectivity index (χ0) is 15.8. The highest BCUT2D eigenvalue weighted by atomic mass is 35.5. The Morgan fingerprint density at radius 1 is 1.05 bits per heavy atom. The van der Waals surface area contributed by atoms with Gasteiger partial charge in [-0.3, -0.25) is 0 Å². The Kier molecular flexibility index (Phi) is 6.89. The first kappa shape index (κ1) is 17.2. The van der Waals surface area contributed by atoms with Gasteiger partial charge in [0.1, 0.15) is 10.8 Å². The minimum Gasteiger partial charge on any atom is -0.458 e. The molecular formula is C17H20ClNO2. The molecule has 0 fully saturated rings. The number of carbonyl (C=O) groups is 1. The summed E-state index contributed by atoms with van der Waals surface area (Å²) < 4.78 is 4.93. The van der Waals surface area contributed by atoms with Crippen LogP contribution in [0.5, 0.6) is 0 Å². The van der Waals surface area contributed by atoms with Crippen molar-refractivity contribution in [3.8, 4) is 0 Å². The summed E-state index contributed by atoms with van der Waals surface area (Å²) in [4.78, 5) is 15.1. The molecule has 4 heteroatoms. The van der Waals surface area contributed by atoms with E-state index in [0.717, 1.165) is 0 Å². The number of halogens is 1. The topological polar surface area (TPSA) is 39.2 Å². The molecule has 2 rings (SSSR count). The van der Waals surface area contributed by atoms with Crippen LogP contribution in [0.3, 0.4) is 0 Å². The van der Waals surface area contributed by atoms with Crippen molar-refractivity contribution in [2.45, 2.75) is 33.8 Å². The first-order valence-corrected chi connectivity index (χ1v) is 7.13. The Morgan fingerprint density at radius 2 is 1.62 bits per heavy atom. The molecular weight excluding hydrogens is 286 g/mol. The summed E-state index contributed by atoms with van der Waals surface area (Å²) in [5, 5.41) is 0.290. The fraction of sp³-hybridized carbons (Fsp3) is 0.294. The van der Waals surface area contributed by atoms with Crippen molar-refractivity contribution in [1.82, 2.24) is 4.98 Å². The minimum absolute atomic E-state index is 0.145. The van der Waals surface area contributed by atoms with Crippen LogP contribution in [0.15, 0.2) is 42.5 Å². The fourth-order valence-corrected chi connectivity index (χ4v) is 1.62. The molecule has 0 radical (unpaired) electrons. The lowest BCUT2D eigenvalue weighted by Gasteiger charge is -2.06. The lowest BCUT2D eigenvalue weighted by molar-refractivity contribution is 0.0371. The van der Waals surface area contributed by atoms with Crippen LogP contribution in [0.1, 0.15) is 35.5 Å². The van der Waals surface area contributed by atoms with Crippen LogP contribution in [-0.4, -0.2) is 17.1 Å². The van der Waals surface area contributed by atoms with E-state index in [-0.39, 0.29) is 11.8 Å². The molecule has 3 nitrogen and oxygen atoms in total. The van der Waals surface area contributed by atoms with Gasteiger partial charge < -0.3 is 4.74 Å². The van der Waals surface area contributed by atoms with Gasteiger partial charge in [-0.15, -0.1) is 0 Å². The second-order valence-corrected chi connectivity index (χ2v) is 5.27. The molecule has 21 heavy (non-hydrogen) atoms. The molecule has 0 saturated carbocycles. The number of nitrogens with zero attached hydrogens (tertiary/aromatic N) is 1. The number of benzene rings is 1. The molecule has 0 atom stereocenters. The zero-order valence-corrected chi connectivity index (χ0v) is 13.5. The van der Waals surface area contributed by atoms with Crippen molar-refractivity contribution >= 4 is 17.6 Å². The van der Waals surface area contributed by atoms with E-state index in [1.54, 1.807) is 32.0 Å². The van der Waals surface area contributed by atoms with Crippen molar-refractivity contribution in [3.63, 3.8) is 0 Å². The van der Waals surface area contributed by atoms with Crippen molar-refractivity contribution in [2.24, 2.45) is 0 Å². The smallest absolute Gasteiger partial charge is 0.357 e. The normalized spacial score (nSPS) is 9.81. The summed E-state index contributed by atoms with van der Waals surface area (Å²) >= 11 is 5.61. The Morgan fingerprint density at radius 3 is 2.05 bits per heavy atom. The number of hydrogen-bond acceptors (Lipinski definition) is 3. The van der Waals surface area contributed by atoms with Gasteiger partial charge in [0.2, 0.25) is 0 Å². The lowest BCUT2D eigenvalue weighted by atomic mass is 10.1. The Labute approximate surface area is 130 Å². The summed E-state index contributed by atoms with van der Waals surface area (Å²) in [5.41, 5.74) is 2.97. The van der Waals surface area contributed by atoms with E-state index in [1.165, 1.54) is 11.1 Å². The van der Waals surface area contributed by atoms with Crippen LogP contribution in [0.25, 0.3) is 0 Å². The van der Waals surface area contributed by atoms with Gasteiger partial charge in [0.25, 0.3) is 0 Å². The second-order valence-electron chi connectivity index (χ2n) is 4.88. The predicted molar refractivity (Wildman–Crippen MR) is 85.7 cm³/mol. The van der Waals surface area contributed by atoms with Crippen molar-refractivity contribution in [3.05, 3.63) is 64.4 Å². The number of hydrogen-bond donors (Lipinski definition) is 0. The minimum atomic E-state index is -0.447. The van der Waals surface area contributed by atoms with Gasteiger partial charge in [0.05, 0.1) is 6.10 Å². The Hall–Kier alpha value is -1.87. The van der Waals surface area contributed by atoms with E-state index < -0.39 is 5.97 Å². The third-order valence-electron chi connectivity index (χ3n) is 2.69. The molecule has 0 saturated heterocycles. The SMILES string of the molecule is CC(C)OC(=O)c1cccc(Cl)n1.Cc1ccccc1C. The third-order valence-corrected chi connectivity index (χ3v) is 2.90. The number of pyridine rings is 1. The molecule has 1 aromatic heterocycles. The standard InChI is InChI=1S/C9H10ClNO2.C8H10/c1-6(2)13-9(12)7-4-3-5-8(10)11-7;1-7-5-3-4-6-8(7)2/h3-6H,1-2H3;3-6H,1-2H3. The van der Waals surface area contributed by atoms with E-state index in [0.29, 0.717) is 5.15 Å². The van der Waals surface area contributed by atoms with Crippen molar-refractivity contribution < 1.29 is 9.53 Å². The molecule has 1 heterocycles. The second kappa shape index (κ2) is 8.42. The Balaban J connectivity index is 0.000000235. The van der Waals surface area contributed by atoms with E-state index in [4.69, 9.17) is 16.3 Å². The van der Waals surface area contributed by atoms with Crippen LogP contribution < -0.4 is 0 Å². The molecule has 2 aromatic rings. The summed E-state index contributed by atoms with van der Waals surface area (Å²) in [6, 6.07) is 13.2. The maximum Gasteiger partial charge on any atom is 0.357 e. The number of ether oxygens (including phenoxy) is 1. The average molecular weight is 306 g/mol. The van der Waals surface area contributed by atoms with E-state index in [1.807, 2.05) is 0 Å². The highest BCUT2D eigenvalue weighted by molar-refractivity contribution is 6.29. The number of rotatable bonds is 2. The highest BCUT2D eigenvalue weighted by Crippen LogP contribution is 2.07. The molecule has 0 aliphatic heterocycles. The highest BCUT2D eigenvalue weighted by Gasteiger charge is 2.10. The van der Waals surface area contributed by atoms with Crippen molar-refractivity contribution in [1.29, 1.82) is 0 Å². The zero-order valence-electron chi connectivity index (χ0n) is 12.8. The van der Waals surface area contributed by atoms with Crippen LogP contribution >= 0.6 is 11.6 Å². The first-order chi connectivity index (χ1) is 9.90. The van der Waals surface area contributed by atoms with Gasteiger partial charge in [-0.2, -0.15) is 0 Å². The van der Waals surface area contributed by atoms with E-state index >= 15 is 0 Å². The number of aromatic nitrogens is 1. The van der Waals surface area contributed by atoms with E-state index in [2.05, 4.69) is 43.1 Å². The molecule has 0 aliphatic rings. The number of aryl methyl sites for hydroxylation is 2. The maximum absolute atomic E-state index is 11.3. The molecule has 112 valence electrons. The summed E-state index contributed by atoms with van der Waals surface area (Å²) in [5.74, 6) is -0.447.